The fourth-order valence-corrected chi connectivity index (χ4v) is 2.39. The van der Waals surface area contributed by atoms with Gasteiger partial charge in [0, 0.05) is 5.69 Å². The van der Waals surface area contributed by atoms with Crippen LogP contribution in [0.4, 0.5) is 10.5 Å². The number of anilines is 1. The summed E-state index contributed by atoms with van der Waals surface area (Å²) in [5, 5.41) is 11.6. The van der Waals surface area contributed by atoms with Crippen LogP contribution in [-0.2, 0) is 20.9 Å². The summed E-state index contributed by atoms with van der Waals surface area (Å²) in [5.41, 5.74) is 2.25. The molecule has 0 saturated carbocycles. The normalized spacial score (nSPS) is 11.3. The Morgan fingerprint density at radius 3 is 2.30 bits per heavy atom. The largest absolute Gasteiger partial charge is 0.480 e. The van der Waals surface area contributed by atoms with Gasteiger partial charge in [0.15, 0.2) is 0 Å². The van der Waals surface area contributed by atoms with Crippen LogP contribution >= 0.6 is 0 Å². The average molecular weight is 370 g/mol. The predicted molar refractivity (Wildman–Crippen MR) is 100 cm³/mol. The van der Waals surface area contributed by atoms with E-state index in [1.807, 2.05) is 37.3 Å². The minimum atomic E-state index is -1.15. The summed E-state index contributed by atoms with van der Waals surface area (Å²) in [5.74, 6) is -1.69. The van der Waals surface area contributed by atoms with Crippen molar-refractivity contribution >= 4 is 23.7 Å². The van der Waals surface area contributed by atoms with Crippen LogP contribution in [0.5, 0.6) is 0 Å². The molecule has 2 N–H and O–H groups in total. The number of alkyl carbamates (subject to hydrolysis) is 1. The molecule has 142 valence electrons. The number of benzene rings is 2. The van der Waals surface area contributed by atoms with Gasteiger partial charge in [-0.05, 0) is 31.5 Å². The van der Waals surface area contributed by atoms with Crippen LogP contribution in [0.1, 0.15) is 18.1 Å². The molecule has 2 aromatic carbocycles. The lowest BCUT2D eigenvalue weighted by Gasteiger charge is -2.24. The van der Waals surface area contributed by atoms with Gasteiger partial charge in [0.2, 0.25) is 5.91 Å². The minimum absolute atomic E-state index is 0.0738. The van der Waals surface area contributed by atoms with E-state index in [0.29, 0.717) is 5.69 Å². The maximum Gasteiger partial charge on any atom is 0.408 e. The Morgan fingerprint density at radius 1 is 1.07 bits per heavy atom. The first kappa shape index (κ1) is 20.0. The van der Waals surface area contributed by atoms with Crippen molar-refractivity contribution in [3.8, 4) is 0 Å². The third-order valence-electron chi connectivity index (χ3n) is 3.82. The fourth-order valence-electron chi connectivity index (χ4n) is 2.39. The molecule has 0 aliphatic heterocycles. The predicted octanol–water partition coefficient (Wildman–Crippen LogP) is 2.73. The number of carboxylic acids is 1. The molecule has 0 aliphatic rings. The van der Waals surface area contributed by atoms with Gasteiger partial charge in [-0.3, -0.25) is 14.5 Å². The molecular formula is C20H22N2O5. The van der Waals surface area contributed by atoms with Gasteiger partial charge in [-0.25, -0.2) is 4.79 Å². The van der Waals surface area contributed by atoms with E-state index in [4.69, 9.17) is 9.84 Å². The van der Waals surface area contributed by atoms with Crippen molar-refractivity contribution in [1.29, 1.82) is 0 Å². The smallest absolute Gasteiger partial charge is 0.408 e. The Bertz CT molecular complexity index is 790. The number of hydrogen-bond donors (Lipinski definition) is 2. The monoisotopic (exact) mass is 370 g/mol. The highest BCUT2D eigenvalue weighted by Gasteiger charge is 2.25. The second-order valence-corrected chi connectivity index (χ2v) is 6.08. The fraction of sp³-hybridized carbons (Fsp3) is 0.250. The van der Waals surface area contributed by atoms with Crippen LogP contribution in [0.15, 0.2) is 54.6 Å². The molecule has 0 aromatic heterocycles. The van der Waals surface area contributed by atoms with Crippen LogP contribution < -0.4 is 10.2 Å². The molecule has 0 fully saturated rings. The van der Waals surface area contributed by atoms with Gasteiger partial charge in [0.25, 0.3) is 0 Å². The Balaban J connectivity index is 1.99. The molecule has 0 saturated heterocycles. The molecular weight excluding hydrogens is 348 g/mol. The molecule has 0 bridgehead atoms. The average Bonchev–Trinajstić information content (AvgIpc) is 2.65. The third kappa shape index (κ3) is 6.14. The van der Waals surface area contributed by atoms with Gasteiger partial charge in [0.05, 0.1) is 0 Å². The summed E-state index contributed by atoms with van der Waals surface area (Å²) >= 11 is 0. The van der Waals surface area contributed by atoms with E-state index in [9.17, 15) is 14.4 Å². The van der Waals surface area contributed by atoms with Crippen LogP contribution in [-0.4, -0.2) is 35.7 Å². The molecule has 0 spiro atoms. The molecule has 2 aromatic rings. The number of aryl methyl sites for hydroxylation is 1. The Kier molecular flexibility index (Phi) is 6.93. The van der Waals surface area contributed by atoms with E-state index in [2.05, 4.69) is 5.32 Å². The van der Waals surface area contributed by atoms with Crippen molar-refractivity contribution in [3.63, 3.8) is 0 Å². The molecule has 0 aliphatic carbocycles. The van der Waals surface area contributed by atoms with E-state index >= 15 is 0 Å². The number of nitrogens with one attached hydrogen (secondary N) is 1. The van der Waals surface area contributed by atoms with Crippen LogP contribution in [0.3, 0.4) is 0 Å². The maximum absolute atomic E-state index is 12.7. The zero-order valence-electron chi connectivity index (χ0n) is 15.2. The number of ether oxygens (including phenoxy) is 1. The van der Waals surface area contributed by atoms with E-state index in [1.165, 1.54) is 6.92 Å². The number of aliphatic carboxylic acids is 1. The highest BCUT2D eigenvalue weighted by Crippen LogP contribution is 2.16. The molecule has 7 heteroatoms. The highest BCUT2D eigenvalue weighted by atomic mass is 16.5. The number of amides is 2. The van der Waals surface area contributed by atoms with E-state index in [-0.39, 0.29) is 6.61 Å². The summed E-state index contributed by atoms with van der Waals surface area (Å²) in [6.45, 7) is 2.94. The van der Waals surface area contributed by atoms with E-state index < -0.39 is 30.6 Å². The first-order valence-corrected chi connectivity index (χ1v) is 8.44. The second kappa shape index (κ2) is 9.38. The van der Waals surface area contributed by atoms with Crippen LogP contribution in [0.2, 0.25) is 0 Å². The molecule has 1 atom stereocenters. The molecule has 7 nitrogen and oxygen atoms in total. The third-order valence-corrected chi connectivity index (χ3v) is 3.82. The standard InChI is InChI=1S/C20H22N2O5/c1-14-8-10-17(11-9-14)22(12-18(23)24)19(25)15(2)21-20(26)27-13-16-6-4-3-5-7-16/h3-11,15H,12-13H2,1-2H3,(H,21,26)(H,23,24)/t15-/m0/s1. The Labute approximate surface area is 157 Å². The maximum atomic E-state index is 12.7. The van der Waals surface area contributed by atoms with Crippen molar-refractivity contribution in [1.82, 2.24) is 5.32 Å². The quantitative estimate of drug-likeness (QED) is 0.781. The zero-order chi connectivity index (χ0) is 19.8. The summed E-state index contributed by atoms with van der Waals surface area (Å²) < 4.78 is 5.09. The van der Waals surface area contributed by atoms with Crippen LogP contribution in [0, 0.1) is 6.92 Å². The molecule has 0 unspecified atom stereocenters. The number of carbonyl (C=O) groups excluding carboxylic acids is 2. The minimum Gasteiger partial charge on any atom is -0.480 e. The highest BCUT2D eigenvalue weighted by molar-refractivity contribution is 6.01. The van der Waals surface area contributed by atoms with Crippen LogP contribution in [0.25, 0.3) is 0 Å². The topological polar surface area (TPSA) is 95.9 Å². The summed E-state index contributed by atoms with van der Waals surface area (Å²) in [7, 11) is 0. The van der Waals surface area contributed by atoms with Crippen molar-refractivity contribution in [2.75, 3.05) is 11.4 Å². The number of carbonyl (C=O) groups is 3. The molecule has 2 rings (SSSR count). The number of rotatable bonds is 7. The first-order chi connectivity index (χ1) is 12.9. The summed E-state index contributed by atoms with van der Waals surface area (Å²) in [4.78, 5) is 36.9. The lowest BCUT2D eigenvalue weighted by Crippen LogP contribution is -2.48. The van der Waals surface area contributed by atoms with Crippen molar-refractivity contribution < 1.29 is 24.2 Å². The Morgan fingerprint density at radius 2 is 1.70 bits per heavy atom. The van der Waals surface area contributed by atoms with E-state index in [1.54, 1.807) is 24.3 Å². The number of nitrogens with zero attached hydrogens (tertiary/aromatic N) is 1. The van der Waals surface area contributed by atoms with Gasteiger partial charge >= 0.3 is 12.1 Å². The van der Waals surface area contributed by atoms with Gasteiger partial charge in [-0.1, -0.05) is 48.0 Å². The SMILES string of the molecule is Cc1ccc(N(CC(=O)O)C(=O)[C@H](C)NC(=O)OCc2ccccc2)cc1. The lowest BCUT2D eigenvalue weighted by atomic mass is 10.2. The molecule has 0 heterocycles. The Hall–Kier alpha value is -3.35. The van der Waals surface area contributed by atoms with Crippen molar-refractivity contribution in [2.45, 2.75) is 26.5 Å². The van der Waals surface area contributed by atoms with Gasteiger partial charge < -0.3 is 15.2 Å². The number of carboxylic acid groups (broad SMARTS) is 1. The van der Waals surface area contributed by atoms with Crippen molar-refractivity contribution in [3.05, 3.63) is 65.7 Å². The van der Waals surface area contributed by atoms with Gasteiger partial charge in [-0.2, -0.15) is 0 Å². The number of hydrogen-bond acceptors (Lipinski definition) is 4. The molecule has 0 radical (unpaired) electrons. The molecule has 2 amide bonds. The lowest BCUT2D eigenvalue weighted by molar-refractivity contribution is -0.136. The molecule has 27 heavy (non-hydrogen) atoms. The first-order valence-electron chi connectivity index (χ1n) is 8.44. The second-order valence-electron chi connectivity index (χ2n) is 6.08. The summed E-state index contributed by atoms with van der Waals surface area (Å²) in [6, 6.07) is 15.1. The van der Waals surface area contributed by atoms with Crippen molar-refractivity contribution in [2.24, 2.45) is 0 Å². The van der Waals surface area contributed by atoms with Gasteiger partial charge in [0.1, 0.15) is 19.2 Å². The van der Waals surface area contributed by atoms with E-state index in [0.717, 1.165) is 16.0 Å². The summed E-state index contributed by atoms with van der Waals surface area (Å²) in [6.07, 6.45) is -0.751. The zero-order valence-corrected chi connectivity index (χ0v) is 15.2. The van der Waals surface area contributed by atoms with Gasteiger partial charge in [-0.15, -0.1) is 0 Å².